The summed E-state index contributed by atoms with van der Waals surface area (Å²) in [6.07, 6.45) is 0. The van der Waals surface area contributed by atoms with E-state index in [1.54, 1.807) is 0 Å². The van der Waals surface area contributed by atoms with Crippen molar-refractivity contribution in [1.82, 2.24) is 0 Å². The molecule has 0 aliphatic carbocycles. The molecule has 0 amide bonds. The van der Waals surface area contributed by atoms with Crippen LogP contribution in [0.15, 0.2) is 60.7 Å². The molecule has 18 heavy (non-hydrogen) atoms. The second-order valence-electron chi connectivity index (χ2n) is 4.19. The Morgan fingerprint density at radius 2 is 1.39 bits per heavy atom. The van der Waals surface area contributed by atoms with Crippen LogP contribution < -0.4 is 0 Å². The molecule has 0 bridgehead atoms. The summed E-state index contributed by atoms with van der Waals surface area (Å²) in [6.45, 7) is 0.532. The molecule has 0 radical (unpaired) electrons. The predicted octanol–water partition coefficient (Wildman–Crippen LogP) is 3.66. The third-order valence-electron chi connectivity index (χ3n) is 3.02. The molecule has 2 aromatic carbocycles. The highest BCUT2D eigenvalue weighted by Gasteiger charge is 2.43. The number of ether oxygens (including phenoxy) is 2. The lowest BCUT2D eigenvalue weighted by molar-refractivity contribution is -0.132. The van der Waals surface area contributed by atoms with Crippen LogP contribution in [0.5, 0.6) is 0 Å². The van der Waals surface area contributed by atoms with Gasteiger partial charge in [0.25, 0.3) is 0 Å². The SMILES string of the molecule is BrC1COC(c2ccccc2)(c2ccccc2)O1. The molecule has 1 aliphatic rings. The van der Waals surface area contributed by atoms with Crippen molar-refractivity contribution in [3.8, 4) is 0 Å². The van der Waals surface area contributed by atoms with Gasteiger partial charge in [-0.1, -0.05) is 76.6 Å². The van der Waals surface area contributed by atoms with Gasteiger partial charge in [-0.3, -0.25) is 0 Å². The van der Waals surface area contributed by atoms with E-state index in [0.29, 0.717) is 6.61 Å². The molecule has 2 aromatic rings. The fraction of sp³-hybridized carbons (Fsp3) is 0.200. The Morgan fingerprint density at radius 3 is 1.78 bits per heavy atom. The number of hydrogen-bond acceptors (Lipinski definition) is 2. The lowest BCUT2D eigenvalue weighted by atomic mass is 9.97. The molecule has 92 valence electrons. The average molecular weight is 305 g/mol. The van der Waals surface area contributed by atoms with E-state index < -0.39 is 5.79 Å². The van der Waals surface area contributed by atoms with Crippen LogP contribution in [0.2, 0.25) is 0 Å². The van der Waals surface area contributed by atoms with Crippen LogP contribution in [0.25, 0.3) is 0 Å². The number of rotatable bonds is 2. The summed E-state index contributed by atoms with van der Waals surface area (Å²) in [5.74, 6) is -0.795. The highest BCUT2D eigenvalue weighted by atomic mass is 79.9. The van der Waals surface area contributed by atoms with Crippen LogP contribution in [0.4, 0.5) is 0 Å². The highest BCUT2D eigenvalue weighted by Crippen LogP contribution is 2.41. The first-order valence-electron chi connectivity index (χ1n) is 5.88. The fourth-order valence-corrected chi connectivity index (χ4v) is 2.61. The summed E-state index contributed by atoms with van der Waals surface area (Å²) >= 11 is 3.46. The van der Waals surface area contributed by atoms with Gasteiger partial charge >= 0.3 is 0 Å². The number of halogens is 1. The maximum atomic E-state index is 6.02. The molecule has 1 fully saturated rings. The van der Waals surface area contributed by atoms with Gasteiger partial charge in [0.05, 0.1) is 6.61 Å². The second kappa shape index (κ2) is 4.84. The topological polar surface area (TPSA) is 18.5 Å². The Kier molecular flexibility index (Phi) is 3.20. The van der Waals surface area contributed by atoms with Crippen molar-refractivity contribution < 1.29 is 9.47 Å². The van der Waals surface area contributed by atoms with Crippen molar-refractivity contribution in [3.05, 3.63) is 71.8 Å². The van der Waals surface area contributed by atoms with Crippen LogP contribution in [0, 0.1) is 0 Å². The first-order chi connectivity index (χ1) is 8.81. The molecule has 0 aromatic heterocycles. The largest absolute Gasteiger partial charge is 0.338 e. The van der Waals surface area contributed by atoms with E-state index in [2.05, 4.69) is 15.9 Å². The maximum Gasteiger partial charge on any atom is 0.223 e. The molecule has 1 atom stereocenters. The van der Waals surface area contributed by atoms with E-state index in [4.69, 9.17) is 9.47 Å². The molecule has 2 nitrogen and oxygen atoms in total. The average Bonchev–Trinajstić information content (AvgIpc) is 2.84. The molecule has 1 heterocycles. The van der Waals surface area contributed by atoms with Gasteiger partial charge < -0.3 is 9.47 Å². The van der Waals surface area contributed by atoms with E-state index in [-0.39, 0.29) is 5.01 Å². The van der Waals surface area contributed by atoms with E-state index in [1.165, 1.54) is 0 Å². The van der Waals surface area contributed by atoms with Crippen LogP contribution in [-0.4, -0.2) is 11.6 Å². The van der Waals surface area contributed by atoms with E-state index >= 15 is 0 Å². The maximum absolute atomic E-state index is 6.02. The minimum atomic E-state index is -0.795. The molecule has 0 spiro atoms. The van der Waals surface area contributed by atoms with Crippen LogP contribution in [-0.2, 0) is 15.3 Å². The summed E-state index contributed by atoms with van der Waals surface area (Å²) in [5, 5.41) is -0.0853. The van der Waals surface area contributed by atoms with Gasteiger partial charge in [-0.05, 0) is 0 Å². The fourth-order valence-electron chi connectivity index (χ4n) is 2.22. The molecule has 3 rings (SSSR count). The van der Waals surface area contributed by atoms with Gasteiger partial charge in [-0.2, -0.15) is 0 Å². The molecular weight excluding hydrogens is 292 g/mol. The van der Waals surface area contributed by atoms with Crippen LogP contribution >= 0.6 is 15.9 Å². The van der Waals surface area contributed by atoms with Gasteiger partial charge in [0.15, 0.2) is 0 Å². The number of benzene rings is 2. The Hall–Kier alpha value is -1.16. The monoisotopic (exact) mass is 304 g/mol. The lowest BCUT2D eigenvalue weighted by Crippen LogP contribution is -2.29. The van der Waals surface area contributed by atoms with Crippen molar-refractivity contribution >= 4 is 15.9 Å². The smallest absolute Gasteiger partial charge is 0.223 e. The Labute approximate surface area is 115 Å². The molecule has 1 aliphatic heterocycles. The van der Waals surface area contributed by atoms with Crippen LogP contribution in [0.3, 0.4) is 0 Å². The summed E-state index contributed by atoms with van der Waals surface area (Å²) in [4.78, 5) is 0. The first-order valence-corrected chi connectivity index (χ1v) is 6.80. The van der Waals surface area contributed by atoms with Gasteiger partial charge in [0.1, 0.15) is 5.01 Å². The van der Waals surface area contributed by atoms with Crippen molar-refractivity contribution in [1.29, 1.82) is 0 Å². The molecule has 0 saturated carbocycles. The zero-order valence-electron chi connectivity index (χ0n) is 9.75. The third kappa shape index (κ3) is 1.99. The van der Waals surface area contributed by atoms with Crippen LogP contribution in [0.1, 0.15) is 11.1 Å². The Morgan fingerprint density at radius 1 is 0.889 bits per heavy atom. The summed E-state index contributed by atoms with van der Waals surface area (Å²) in [5.41, 5.74) is 2.02. The lowest BCUT2D eigenvalue weighted by Gasteiger charge is -2.28. The van der Waals surface area contributed by atoms with Gasteiger partial charge in [0, 0.05) is 11.1 Å². The van der Waals surface area contributed by atoms with Gasteiger partial charge in [-0.15, -0.1) is 0 Å². The minimum absolute atomic E-state index is 0.0853. The summed E-state index contributed by atoms with van der Waals surface area (Å²) < 4.78 is 12.0. The molecular formula is C15H13BrO2. The van der Waals surface area contributed by atoms with E-state index in [0.717, 1.165) is 11.1 Å². The normalized spacial score (nSPS) is 21.9. The minimum Gasteiger partial charge on any atom is -0.338 e. The standard InChI is InChI=1S/C15H13BrO2/c16-14-11-17-15(18-14,12-7-3-1-4-8-12)13-9-5-2-6-10-13/h1-10,14H,11H2. The Bertz CT molecular complexity index is 473. The molecule has 1 unspecified atom stereocenters. The van der Waals surface area contributed by atoms with Crippen molar-refractivity contribution in [3.63, 3.8) is 0 Å². The van der Waals surface area contributed by atoms with Crippen molar-refractivity contribution in [2.45, 2.75) is 10.8 Å². The van der Waals surface area contributed by atoms with E-state index in [1.807, 2.05) is 60.7 Å². The van der Waals surface area contributed by atoms with Gasteiger partial charge in [0.2, 0.25) is 5.79 Å². The van der Waals surface area contributed by atoms with E-state index in [9.17, 15) is 0 Å². The first kappa shape index (κ1) is 11.9. The zero-order valence-corrected chi connectivity index (χ0v) is 11.3. The second-order valence-corrected chi connectivity index (χ2v) is 5.21. The molecule has 3 heteroatoms. The summed E-state index contributed by atoms with van der Waals surface area (Å²) in [7, 11) is 0. The number of alkyl halides is 1. The Balaban J connectivity index is 2.11. The van der Waals surface area contributed by atoms with Crippen molar-refractivity contribution in [2.24, 2.45) is 0 Å². The number of hydrogen-bond donors (Lipinski definition) is 0. The van der Waals surface area contributed by atoms with Crippen molar-refractivity contribution in [2.75, 3.05) is 6.61 Å². The molecule has 1 saturated heterocycles. The van der Waals surface area contributed by atoms with Gasteiger partial charge in [-0.25, -0.2) is 0 Å². The highest BCUT2D eigenvalue weighted by molar-refractivity contribution is 9.09. The molecule has 0 N–H and O–H groups in total. The zero-order chi connectivity index (χ0) is 12.4. The quantitative estimate of drug-likeness (QED) is 0.788. The summed E-state index contributed by atoms with van der Waals surface area (Å²) in [6, 6.07) is 20.1. The third-order valence-corrected chi connectivity index (χ3v) is 3.47. The predicted molar refractivity (Wildman–Crippen MR) is 73.4 cm³/mol.